The molecule has 7 heteroatoms. The first-order valence-electron chi connectivity index (χ1n) is 6.43. The van der Waals surface area contributed by atoms with Crippen molar-refractivity contribution in [3.05, 3.63) is 52.0 Å². The van der Waals surface area contributed by atoms with Crippen LogP contribution in [0.4, 0.5) is 4.39 Å². The molecule has 1 atom stereocenters. The standard InChI is InChI=1S/C14H17FN2O2S2/c1-10(13-4-3-7-20-13)17-21(18,19)14-6-5-11(9-16-2)8-12(14)15/h3-8,10,16-17H,9H2,1-2H3. The predicted molar refractivity (Wildman–Crippen MR) is 82.2 cm³/mol. The highest BCUT2D eigenvalue weighted by Crippen LogP contribution is 2.22. The summed E-state index contributed by atoms with van der Waals surface area (Å²) in [6.45, 7) is 2.22. The number of sulfonamides is 1. The van der Waals surface area contributed by atoms with Crippen LogP contribution in [0.3, 0.4) is 0 Å². The number of benzene rings is 1. The van der Waals surface area contributed by atoms with Crippen molar-refractivity contribution in [2.45, 2.75) is 24.4 Å². The van der Waals surface area contributed by atoms with Gasteiger partial charge in [0.05, 0.1) is 6.04 Å². The molecule has 0 bridgehead atoms. The summed E-state index contributed by atoms with van der Waals surface area (Å²) in [7, 11) is -2.14. The summed E-state index contributed by atoms with van der Waals surface area (Å²) in [6, 6.07) is 7.42. The molecule has 0 saturated carbocycles. The van der Waals surface area contributed by atoms with E-state index in [1.807, 2.05) is 17.5 Å². The van der Waals surface area contributed by atoms with Crippen LogP contribution >= 0.6 is 11.3 Å². The van der Waals surface area contributed by atoms with E-state index in [9.17, 15) is 12.8 Å². The summed E-state index contributed by atoms with van der Waals surface area (Å²) in [6.07, 6.45) is 0. The van der Waals surface area contributed by atoms with Crippen molar-refractivity contribution in [3.8, 4) is 0 Å². The lowest BCUT2D eigenvalue weighted by Crippen LogP contribution is -2.27. The number of hydrogen-bond donors (Lipinski definition) is 2. The average molecular weight is 328 g/mol. The maximum Gasteiger partial charge on any atom is 0.244 e. The number of nitrogens with one attached hydrogen (secondary N) is 2. The van der Waals surface area contributed by atoms with Gasteiger partial charge < -0.3 is 5.32 Å². The van der Waals surface area contributed by atoms with Crippen LogP contribution in [0.25, 0.3) is 0 Å². The molecule has 0 amide bonds. The molecule has 1 aromatic carbocycles. The molecule has 0 radical (unpaired) electrons. The molecule has 1 unspecified atom stereocenters. The smallest absolute Gasteiger partial charge is 0.244 e. The minimum Gasteiger partial charge on any atom is -0.316 e. The highest BCUT2D eigenvalue weighted by molar-refractivity contribution is 7.89. The predicted octanol–water partition coefficient (Wildman–Crippen LogP) is 2.65. The van der Waals surface area contributed by atoms with Gasteiger partial charge in [0.25, 0.3) is 0 Å². The van der Waals surface area contributed by atoms with Gasteiger partial charge in [-0.25, -0.2) is 17.5 Å². The van der Waals surface area contributed by atoms with Crippen LogP contribution in [0.2, 0.25) is 0 Å². The van der Waals surface area contributed by atoms with Gasteiger partial charge in [-0.2, -0.15) is 0 Å². The summed E-state index contributed by atoms with van der Waals surface area (Å²) >= 11 is 1.45. The largest absolute Gasteiger partial charge is 0.316 e. The molecule has 21 heavy (non-hydrogen) atoms. The Morgan fingerprint density at radius 3 is 2.67 bits per heavy atom. The van der Waals surface area contributed by atoms with Crippen LogP contribution in [0.5, 0.6) is 0 Å². The van der Waals surface area contributed by atoms with E-state index in [4.69, 9.17) is 0 Å². The van der Waals surface area contributed by atoms with Crippen molar-refractivity contribution >= 4 is 21.4 Å². The monoisotopic (exact) mass is 328 g/mol. The zero-order chi connectivity index (χ0) is 15.5. The highest BCUT2D eigenvalue weighted by Gasteiger charge is 2.22. The summed E-state index contributed by atoms with van der Waals surface area (Å²) in [5.41, 5.74) is 0.695. The van der Waals surface area contributed by atoms with Gasteiger partial charge in [0.15, 0.2) is 0 Å². The quantitative estimate of drug-likeness (QED) is 0.857. The molecule has 0 aliphatic rings. The molecule has 0 aliphatic heterocycles. The van der Waals surface area contributed by atoms with E-state index >= 15 is 0 Å². The Labute approximate surface area is 128 Å². The fraction of sp³-hybridized carbons (Fsp3) is 0.286. The lowest BCUT2D eigenvalue weighted by Gasteiger charge is -2.13. The number of thiophene rings is 1. The second-order valence-electron chi connectivity index (χ2n) is 4.65. The fourth-order valence-corrected chi connectivity index (χ4v) is 4.06. The SMILES string of the molecule is CNCc1ccc(S(=O)(=O)NC(C)c2cccs2)c(F)c1. The molecule has 0 spiro atoms. The van der Waals surface area contributed by atoms with Gasteiger partial charge in [-0.1, -0.05) is 12.1 Å². The van der Waals surface area contributed by atoms with E-state index in [0.29, 0.717) is 12.1 Å². The van der Waals surface area contributed by atoms with Crippen LogP contribution in [0.1, 0.15) is 23.4 Å². The Bertz CT molecular complexity index is 700. The summed E-state index contributed by atoms with van der Waals surface area (Å²) in [5.74, 6) is -0.742. The number of hydrogen-bond acceptors (Lipinski definition) is 4. The van der Waals surface area contributed by atoms with E-state index in [-0.39, 0.29) is 4.90 Å². The van der Waals surface area contributed by atoms with Gasteiger partial charge in [-0.3, -0.25) is 0 Å². The Morgan fingerprint density at radius 2 is 2.10 bits per heavy atom. The van der Waals surface area contributed by atoms with E-state index in [0.717, 1.165) is 4.88 Å². The van der Waals surface area contributed by atoms with Gasteiger partial charge in [-0.15, -0.1) is 11.3 Å². The Balaban J connectivity index is 2.23. The van der Waals surface area contributed by atoms with Crippen molar-refractivity contribution in [3.63, 3.8) is 0 Å². The topological polar surface area (TPSA) is 58.2 Å². The fourth-order valence-electron chi connectivity index (χ4n) is 1.97. The first kappa shape index (κ1) is 16.1. The molecule has 114 valence electrons. The van der Waals surface area contributed by atoms with Crippen LogP contribution in [-0.4, -0.2) is 15.5 Å². The first-order valence-corrected chi connectivity index (χ1v) is 8.79. The molecule has 4 nitrogen and oxygen atoms in total. The second kappa shape index (κ2) is 6.65. The average Bonchev–Trinajstić information content (AvgIpc) is 2.92. The third-order valence-corrected chi connectivity index (χ3v) is 5.60. The summed E-state index contributed by atoms with van der Waals surface area (Å²) < 4.78 is 41.0. The number of halogens is 1. The van der Waals surface area contributed by atoms with Crippen molar-refractivity contribution in [2.24, 2.45) is 0 Å². The van der Waals surface area contributed by atoms with Gasteiger partial charge >= 0.3 is 0 Å². The molecule has 1 heterocycles. The zero-order valence-electron chi connectivity index (χ0n) is 11.8. The number of rotatable bonds is 6. The van der Waals surface area contributed by atoms with Crippen molar-refractivity contribution in [1.29, 1.82) is 0 Å². The Morgan fingerprint density at radius 1 is 1.33 bits per heavy atom. The first-order chi connectivity index (χ1) is 9.94. The zero-order valence-corrected chi connectivity index (χ0v) is 13.4. The minimum atomic E-state index is -3.89. The maximum absolute atomic E-state index is 14.0. The van der Waals surface area contributed by atoms with Gasteiger partial charge in [-0.05, 0) is 43.1 Å². The van der Waals surface area contributed by atoms with E-state index < -0.39 is 21.9 Å². The normalized spacial score (nSPS) is 13.3. The minimum absolute atomic E-state index is 0.328. The molecule has 2 rings (SSSR count). The molecule has 0 fully saturated rings. The molecule has 0 saturated heterocycles. The van der Waals surface area contributed by atoms with E-state index in [2.05, 4.69) is 10.0 Å². The van der Waals surface area contributed by atoms with E-state index in [1.165, 1.54) is 23.5 Å². The van der Waals surface area contributed by atoms with Gasteiger partial charge in [0, 0.05) is 11.4 Å². The maximum atomic E-state index is 14.0. The Hall–Kier alpha value is -1.28. The summed E-state index contributed by atoms with van der Waals surface area (Å²) in [4.78, 5) is 0.552. The van der Waals surface area contributed by atoms with Crippen molar-refractivity contribution in [1.82, 2.24) is 10.0 Å². The van der Waals surface area contributed by atoms with Crippen LogP contribution in [0, 0.1) is 5.82 Å². The van der Waals surface area contributed by atoms with Crippen molar-refractivity contribution < 1.29 is 12.8 Å². The molecular weight excluding hydrogens is 311 g/mol. The lowest BCUT2D eigenvalue weighted by atomic mass is 10.2. The molecule has 2 N–H and O–H groups in total. The van der Waals surface area contributed by atoms with Crippen LogP contribution in [-0.2, 0) is 16.6 Å². The van der Waals surface area contributed by atoms with E-state index in [1.54, 1.807) is 20.0 Å². The molecule has 0 aliphatic carbocycles. The van der Waals surface area contributed by atoms with Crippen LogP contribution in [0.15, 0.2) is 40.6 Å². The third-order valence-electron chi connectivity index (χ3n) is 2.97. The second-order valence-corrected chi connectivity index (χ2v) is 7.32. The van der Waals surface area contributed by atoms with Crippen LogP contribution < -0.4 is 10.0 Å². The molecular formula is C14H17FN2O2S2. The van der Waals surface area contributed by atoms with Crippen molar-refractivity contribution in [2.75, 3.05) is 7.05 Å². The molecule has 1 aromatic heterocycles. The Kier molecular flexibility index (Phi) is 5.10. The van der Waals surface area contributed by atoms with Gasteiger partial charge in [0.1, 0.15) is 10.7 Å². The third kappa shape index (κ3) is 3.88. The molecule has 2 aromatic rings. The lowest BCUT2D eigenvalue weighted by molar-refractivity contribution is 0.547. The summed E-state index contributed by atoms with van der Waals surface area (Å²) in [5, 5.41) is 4.76. The highest BCUT2D eigenvalue weighted by atomic mass is 32.2. The van der Waals surface area contributed by atoms with Gasteiger partial charge in [0.2, 0.25) is 10.0 Å².